The number of piperazine rings is 1. The molecule has 4 heterocycles. The number of rotatable bonds is 7. The number of carbonyl (C=O) groups excluding carboxylic acids is 1. The van der Waals surface area contributed by atoms with Crippen LogP contribution >= 0.6 is 0 Å². The van der Waals surface area contributed by atoms with Gasteiger partial charge in [0.15, 0.2) is 0 Å². The summed E-state index contributed by atoms with van der Waals surface area (Å²) in [6.07, 6.45) is 3.74. The molecular weight excluding hydrogens is 463 g/mol. The molecule has 1 amide bonds. The Labute approximate surface area is 210 Å². The van der Waals surface area contributed by atoms with Crippen molar-refractivity contribution in [1.29, 1.82) is 0 Å². The van der Waals surface area contributed by atoms with Crippen LogP contribution in [0.25, 0.3) is 11.1 Å². The highest BCUT2D eigenvalue weighted by Crippen LogP contribution is 2.44. The Morgan fingerprint density at radius 3 is 2.69 bits per heavy atom. The minimum Gasteiger partial charge on any atom is -0.482 e. The predicted octanol–water partition coefficient (Wildman–Crippen LogP) is 2.91. The van der Waals surface area contributed by atoms with Gasteiger partial charge in [-0.05, 0) is 50.3 Å². The van der Waals surface area contributed by atoms with Crippen molar-refractivity contribution >= 4 is 28.6 Å². The maximum atomic E-state index is 13.6. The monoisotopic (exact) mass is 494 g/mol. The second-order valence-corrected chi connectivity index (χ2v) is 9.62. The lowest BCUT2D eigenvalue weighted by Gasteiger charge is -2.35. The topological polar surface area (TPSA) is 87.2 Å². The van der Waals surface area contributed by atoms with Crippen molar-refractivity contribution < 1.29 is 23.8 Å². The number of benzene rings is 1. The van der Waals surface area contributed by atoms with E-state index in [4.69, 9.17) is 19.6 Å². The number of pyridine rings is 1. The third kappa shape index (κ3) is 4.86. The highest BCUT2D eigenvalue weighted by Gasteiger charge is 2.38. The number of anilines is 2. The van der Waals surface area contributed by atoms with Gasteiger partial charge in [-0.2, -0.15) is 0 Å². The number of aromatic nitrogens is 1. The van der Waals surface area contributed by atoms with Gasteiger partial charge in [-0.1, -0.05) is 0 Å². The molecule has 0 aliphatic carbocycles. The maximum Gasteiger partial charge on any atom is 0.260 e. The molecule has 8 nitrogen and oxygen atoms in total. The van der Waals surface area contributed by atoms with Crippen LogP contribution in [-0.4, -0.2) is 79.0 Å². The van der Waals surface area contributed by atoms with Crippen LogP contribution in [0.5, 0.6) is 0 Å². The molecule has 0 bridgehead atoms. The van der Waals surface area contributed by atoms with E-state index in [1.54, 1.807) is 6.07 Å². The summed E-state index contributed by atoms with van der Waals surface area (Å²) in [5.74, 6) is 0.702. The summed E-state index contributed by atoms with van der Waals surface area (Å²) in [7, 11) is 0. The number of halogens is 1. The lowest BCUT2D eigenvalue weighted by atomic mass is 9.93. The van der Waals surface area contributed by atoms with E-state index < -0.39 is 11.4 Å². The molecule has 3 aliphatic rings. The van der Waals surface area contributed by atoms with Gasteiger partial charge in [-0.3, -0.25) is 9.69 Å². The van der Waals surface area contributed by atoms with E-state index in [-0.39, 0.29) is 12.5 Å². The molecule has 5 rings (SSSR count). The van der Waals surface area contributed by atoms with Gasteiger partial charge >= 0.3 is 0 Å². The Morgan fingerprint density at radius 1 is 1.17 bits per heavy atom. The van der Waals surface area contributed by atoms with Gasteiger partial charge in [0, 0.05) is 55.6 Å². The molecular formula is C27H31FN4O4. The lowest BCUT2D eigenvalue weighted by Crippen LogP contribution is -2.47. The number of amides is 1. The average molecular weight is 495 g/mol. The second-order valence-electron chi connectivity index (χ2n) is 9.62. The van der Waals surface area contributed by atoms with E-state index in [0.717, 1.165) is 49.7 Å². The van der Waals surface area contributed by atoms with Crippen molar-refractivity contribution in [2.45, 2.75) is 19.4 Å². The normalized spacial score (nSPS) is 21.3. The number of carbonyl (C=O) groups is 1. The Kier molecular flexibility index (Phi) is 6.79. The first-order valence-corrected chi connectivity index (χ1v) is 12.2. The van der Waals surface area contributed by atoms with Crippen molar-refractivity contribution in [1.82, 2.24) is 9.88 Å². The summed E-state index contributed by atoms with van der Waals surface area (Å²) in [5, 5.41) is 11.5. The van der Waals surface area contributed by atoms with Crippen LogP contribution in [0.2, 0.25) is 0 Å². The molecule has 0 unspecified atom stereocenters. The highest BCUT2D eigenvalue weighted by molar-refractivity contribution is 6.32. The van der Waals surface area contributed by atoms with E-state index in [1.165, 1.54) is 12.1 Å². The number of allylic oxidation sites excluding steroid dienone is 1. The largest absolute Gasteiger partial charge is 0.482 e. The zero-order chi connectivity index (χ0) is 25.3. The zero-order valence-corrected chi connectivity index (χ0v) is 20.6. The smallest absolute Gasteiger partial charge is 0.260 e. The van der Waals surface area contributed by atoms with Crippen molar-refractivity contribution in [3.63, 3.8) is 0 Å². The number of hydrogen-bond donors (Lipinski definition) is 2. The predicted molar refractivity (Wildman–Crippen MR) is 136 cm³/mol. The average Bonchev–Trinajstić information content (AvgIpc) is 3.36. The van der Waals surface area contributed by atoms with Crippen LogP contribution in [0.1, 0.15) is 25.0 Å². The number of aliphatic hydroxyl groups is 1. The van der Waals surface area contributed by atoms with Crippen LogP contribution in [0.3, 0.4) is 0 Å². The van der Waals surface area contributed by atoms with Gasteiger partial charge in [0.1, 0.15) is 23.0 Å². The van der Waals surface area contributed by atoms with Crippen LogP contribution < -0.4 is 10.2 Å². The molecule has 2 N–H and O–H groups in total. The fourth-order valence-electron chi connectivity index (χ4n) is 4.90. The Hall–Kier alpha value is -3.27. The van der Waals surface area contributed by atoms with Crippen LogP contribution in [0.4, 0.5) is 15.9 Å². The number of nitrogens with zero attached hydrogens (tertiary/aromatic N) is 3. The molecule has 1 fully saturated rings. The second kappa shape index (κ2) is 10.0. The highest BCUT2D eigenvalue weighted by atomic mass is 19.1. The molecule has 0 atom stereocenters. The Bertz CT molecular complexity index is 1200. The van der Waals surface area contributed by atoms with Gasteiger partial charge in [-0.15, -0.1) is 0 Å². The first kappa shape index (κ1) is 24.4. The molecule has 0 saturated carbocycles. The van der Waals surface area contributed by atoms with Crippen molar-refractivity contribution in [3.8, 4) is 0 Å². The SMILES string of the molecule is CC1(C)O/C(=C2/C(=O)Nc3cc(F)ccc32)C=C1c1ccc(N2CCN(CCOCCO)CC2)nc1. The third-order valence-corrected chi connectivity index (χ3v) is 6.80. The quantitative estimate of drug-likeness (QED) is 0.452. The molecule has 2 aromatic rings. The number of hydrogen-bond acceptors (Lipinski definition) is 7. The molecule has 1 aromatic carbocycles. The minimum atomic E-state index is -0.654. The standard InChI is InChI=1S/C27H31FN4O4/c1-27(2)21(16-23(36-27)25-20-5-4-19(28)15-22(20)30-26(25)34)18-3-6-24(29-17-18)32-9-7-31(8-10-32)11-13-35-14-12-33/h3-6,15-17,33H,7-14H2,1-2H3,(H,30,34)/b25-23+. The van der Waals surface area contributed by atoms with Crippen molar-refractivity contribution in [2.24, 2.45) is 0 Å². The summed E-state index contributed by atoms with van der Waals surface area (Å²) in [5.41, 5.74) is 2.71. The lowest BCUT2D eigenvalue weighted by molar-refractivity contribution is -0.111. The van der Waals surface area contributed by atoms with Gasteiger partial charge in [-0.25, -0.2) is 9.37 Å². The molecule has 190 valence electrons. The molecule has 36 heavy (non-hydrogen) atoms. The van der Waals surface area contributed by atoms with Gasteiger partial charge < -0.3 is 24.8 Å². The molecule has 1 aromatic heterocycles. The first-order valence-electron chi connectivity index (χ1n) is 12.2. The maximum absolute atomic E-state index is 13.6. The van der Waals surface area contributed by atoms with Crippen LogP contribution in [-0.2, 0) is 14.3 Å². The van der Waals surface area contributed by atoms with E-state index in [0.29, 0.717) is 35.8 Å². The molecule has 1 saturated heterocycles. The van der Waals surface area contributed by atoms with E-state index in [1.807, 2.05) is 38.3 Å². The van der Waals surface area contributed by atoms with Gasteiger partial charge in [0.05, 0.1) is 31.1 Å². The van der Waals surface area contributed by atoms with Crippen molar-refractivity contribution in [3.05, 3.63) is 65.3 Å². The molecule has 0 spiro atoms. The number of aliphatic hydroxyl groups excluding tert-OH is 1. The number of ether oxygens (including phenoxy) is 2. The summed E-state index contributed by atoms with van der Waals surface area (Å²) in [4.78, 5) is 22.0. The van der Waals surface area contributed by atoms with Crippen LogP contribution in [0.15, 0.2) is 48.4 Å². The number of fused-ring (bicyclic) bond motifs is 1. The van der Waals surface area contributed by atoms with Crippen LogP contribution in [0, 0.1) is 5.82 Å². The molecule has 3 aliphatic heterocycles. The molecule has 0 radical (unpaired) electrons. The van der Waals surface area contributed by atoms with Crippen molar-refractivity contribution in [2.75, 3.05) is 62.8 Å². The van der Waals surface area contributed by atoms with Gasteiger partial charge in [0.2, 0.25) is 0 Å². The first-order chi connectivity index (χ1) is 17.4. The van der Waals surface area contributed by atoms with Gasteiger partial charge in [0.25, 0.3) is 5.91 Å². The summed E-state index contributed by atoms with van der Waals surface area (Å²) in [6.45, 7) is 9.48. The Morgan fingerprint density at radius 2 is 1.97 bits per heavy atom. The minimum absolute atomic E-state index is 0.0545. The summed E-state index contributed by atoms with van der Waals surface area (Å²) in [6, 6.07) is 8.33. The third-order valence-electron chi connectivity index (χ3n) is 6.80. The zero-order valence-electron chi connectivity index (χ0n) is 20.6. The number of nitrogens with one attached hydrogen (secondary N) is 1. The van der Waals surface area contributed by atoms with E-state index in [2.05, 4.69) is 15.1 Å². The fourth-order valence-corrected chi connectivity index (χ4v) is 4.90. The Balaban J connectivity index is 1.30. The summed E-state index contributed by atoms with van der Waals surface area (Å²) < 4.78 is 25.2. The van der Waals surface area contributed by atoms with E-state index >= 15 is 0 Å². The van der Waals surface area contributed by atoms with E-state index in [9.17, 15) is 9.18 Å². The molecule has 9 heteroatoms. The fraction of sp³-hybridized carbons (Fsp3) is 0.407. The summed E-state index contributed by atoms with van der Waals surface area (Å²) >= 11 is 0.